The van der Waals surface area contributed by atoms with Gasteiger partial charge in [0, 0.05) is 24.9 Å². The number of hydrogen-bond acceptors (Lipinski definition) is 3. The molecule has 0 fully saturated rings. The number of nitrogens with one attached hydrogen (secondary N) is 1. The van der Waals surface area contributed by atoms with Crippen LogP contribution in [-0.4, -0.2) is 29.5 Å². The van der Waals surface area contributed by atoms with E-state index >= 15 is 0 Å². The molecule has 0 aromatic heterocycles. The molecule has 4 aromatic carbocycles. The zero-order valence-electron chi connectivity index (χ0n) is 22.6. The molecule has 1 heterocycles. The SMILES string of the molecule is O=C(N[C@H]1C/C=C\C(c2cccc(F)c2)N(Cc2ccccc2)C(=O)C1)OCC1c2ccccc2-c2ccccc21. The Labute approximate surface area is 239 Å². The molecule has 41 heavy (non-hydrogen) atoms. The molecule has 206 valence electrons. The number of amides is 2. The van der Waals surface area contributed by atoms with Crippen molar-refractivity contribution >= 4 is 12.0 Å². The maximum atomic E-state index is 14.1. The van der Waals surface area contributed by atoms with Crippen LogP contribution in [0.15, 0.2) is 115 Å². The highest BCUT2D eigenvalue weighted by Crippen LogP contribution is 2.44. The van der Waals surface area contributed by atoms with Gasteiger partial charge < -0.3 is 15.0 Å². The highest BCUT2D eigenvalue weighted by Gasteiger charge is 2.31. The van der Waals surface area contributed by atoms with Crippen molar-refractivity contribution in [1.29, 1.82) is 0 Å². The van der Waals surface area contributed by atoms with Gasteiger partial charge in [0.1, 0.15) is 12.4 Å². The Balaban J connectivity index is 1.16. The van der Waals surface area contributed by atoms with Gasteiger partial charge in [-0.2, -0.15) is 0 Å². The van der Waals surface area contributed by atoms with Crippen LogP contribution in [0.1, 0.15) is 47.1 Å². The minimum Gasteiger partial charge on any atom is -0.449 e. The maximum Gasteiger partial charge on any atom is 0.407 e. The van der Waals surface area contributed by atoms with Crippen LogP contribution >= 0.6 is 0 Å². The number of halogens is 1. The minimum absolute atomic E-state index is 0.0413. The number of rotatable bonds is 6. The van der Waals surface area contributed by atoms with Crippen molar-refractivity contribution in [3.8, 4) is 11.1 Å². The van der Waals surface area contributed by atoms with Crippen LogP contribution in [0.4, 0.5) is 9.18 Å². The van der Waals surface area contributed by atoms with Crippen molar-refractivity contribution in [3.05, 3.63) is 143 Å². The van der Waals surface area contributed by atoms with Crippen molar-refractivity contribution < 1.29 is 18.7 Å². The maximum absolute atomic E-state index is 14.1. The first kappa shape index (κ1) is 26.5. The normalized spacial score (nSPS) is 19.0. The second-order valence-electron chi connectivity index (χ2n) is 10.5. The van der Waals surface area contributed by atoms with E-state index in [9.17, 15) is 14.0 Å². The number of alkyl carbamates (subject to hydrolysis) is 1. The quantitative estimate of drug-likeness (QED) is 0.261. The molecule has 2 atom stereocenters. The van der Waals surface area contributed by atoms with E-state index in [1.165, 1.54) is 23.3 Å². The summed E-state index contributed by atoms with van der Waals surface area (Å²) in [7, 11) is 0. The Morgan fingerprint density at radius 1 is 0.878 bits per heavy atom. The van der Waals surface area contributed by atoms with Gasteiger partial charge in [-0.3, -0.25) is 4.79 Å². The average Bonchev–Trinajstić information content (AvgIpc) is 3.30. The Bertz CT molecular complexity index is 1540. The first-order valence-electron chi connectivity index (χ1n) is 13.9. The molecule has 2 aliphatic rings. The third-order valence-corrected chi connectivity index (χ3v) is 7.87. The first-order chi connectivity index (χ1) is 20.1. The number of nitrogens with zero attached hydrogens (tertiary/aromatic N) is 1. The van der Waals surface area contributed by atoms with Crippen LogP contribution < -0.4 is 5.32 Å². The average molecular weight is 547 g/mol. The van der Waals surface area contributed by atoms with Gasteiger partial charge in [-0.1, -0.05) is 103 Å². The molecule has 6 heteroatoms. The van der Waals surface area contributed by atoms with Gasteiger partial charge in [0.15, 0.2) is 0 Å². The molecule has 1 aliphatic heterocycles. The van der Waals surface area contributed by atoms with Crippen molar-refractivity contribution in [2.45, 2.75) is 37.4 Å². The van der Waals surface area contributed by atoms with Crippen LogP contribution in [0.25, 0.3) is 11.1 Å². The van der Waals surface area contributed by atoms with E-state index in [1.807, 2.05) is 72.8 Å². The van der Waals surface area contributed by atoms with E-state index in [4.69, 9.17) is 4.74 Å². The lowest BCUT2D eigenvalue weighted by molar-refractivity contribution is -0.134. The number of carbonyl (C=O) groups is 2. The molecular formula is C35H31FN2O3. The van der Waals surface area contributed by atoms with Crippen molar-refractivity contribution in [3.63, 3.8) is 0 Å². The smallest absolute Gasteiger partial charge is 0.407 e. The van der Waals surface area contributed by atoms with E-state index in [0.717, 1.165) is 16.7 Å². The number of benzene rings is 4. The van der Waals surface area contributed by atoms with Crippen LogP contribution in [0.2, 0.25) is 0 Å². The van der Waals surface area contributed by atoms with Gasteiger partial charge in [0.25, 0.3) is 0 Å². The molecular weight excluding hydrogens is 515 g/mol. The van der Waals surface area contributed by atoms with Crippen molar-refractivity contribution in [2.75, 3.05) is 6.61 Å². The molecule has 4 aromatic rings. The summed E-state index contributed by atoms with van der Waals surface area (Å²) in [5, 5.41) is 2.92. The number of ether oxygens (including phenoxy) is 1. The molecule has 0 spiro atoms. The summed E-state index contributed by atoms with van der Waals surface area (Å²) in [6, 6.07) is 31.6. The molecule has 0 saturated heterocycles. The Morgan fingerprint density at radius 3 is 2.27 bits per heavy atom. The van der Waals surface area contributed by atoms with E-state index < -0.39 is 18.2 Å². The zero-order chi connectivity index (χ0) is 28.2. The third-order valence-electron chi connectivity index (χ3n) is 7.87. The summed E-state index contributed by atoms with van der Waals surface area (Å²) in [5.41, 5.74) is 6.29. The lowest BCUT2D eigenvalue weighted by Crippen LogP contribution is -2.43. The lowest BCUT2D eigenvalue weighted by atomic mass is 9.98. The molecule has 1 N–H and O–H groups in total. The number of fused-ring (bicyclic) bond motifs is 3. The lowest BCUT2D eigenvalue weighted by Gasteiger charge is -2.33. The number of hydrogen-bond donors (Lipinski definition) is 1. The molecule has 1 aliphatic carbocycles. The summed E-state index contributed by atoms with van der Waals surface area (Å²) in [5.74, 6) is -0.517. The van der Waals surface area contributed by atoms with E-state index in [1.54, 1.807) is 11.0 Å². The predicted molar refractivity (Wildman–Crippen MR) is 156 cm³/mol. The minimum atomic E-state index is -0.546. The summed E-state index contributed by atoms with van der Waals surface area (Å²) in [6.07, 6.45) is 3.89. The third kappa shape index (κ3) is 5.78. The summed E-state index contributed by atoms with van der Waals surface area (Å²) >= 11 is 0. The standard InChI is InChI=1S/C35H31FN2O3/c36-26-13-8-12-25(20-26)33-19-9-14-27(21-34(39)38(33)22-24-10-2-1-3-11-24)37-35(40)41-23-32-30-17-6-4-15-28(30)29-16-5-7-18-31(29)32/h1-13,15-20,27,32-33H,14,21-23H2,(H,37,40)/b19-9-/t27-,33?/m0/s1. The van der Waals surface area contributed by atoms with Gasteiger partial charge in [0.05, 0.1) is 6.04 Å². The van der Waals surface area contributed by atoms with Gasteiger partial charge >= 0.3 is 6.09 Å². The monoisotopic (exact) mass is 546 g/mol. The molecule has 5 nitrogen and oxygen atoms in total. The summed E-state index contributed by atoms with van der Waals surface area (Å²) in [4.78, 5) is 28.4. The van der Waals surface area contributed by atoms with Gasteiger partial charge in [-0.15, -0.1) is 0 Å². The summed E-state index contributed by atoms with van der Waals surface area (Å²) < 4.78 is 19.9. The number of carbonyl (C=O) groups excluding carboxylic acids is 2. The van der Waals surface area contributed by atoms with Gasteiger partial charge in [-0.05, 0) is 51.9 Å². The molecule has 0 radical (unpaired) electrons. The largest absolute Gasteiger partial charge is 0.449 e. The highest BCUT2D eigenvalue weighted by atomic mass is 19.1. The topological polar surface area (TPSA) is 58.6 Å². The van der Waals surface area contributed by atoms with Gasteiger partial charge in [-0.25, -0.2) is 9.18 Å². The van der Waals surface area contributed by atoms with Crippen molar-refractivity contribution in [2.24, 2.45) is 0 Å². The molecule has 1 unspecified atom stereocenters. The fraction of sp³-hybridized carbons (Fsp3) is 0.200. The molecule has 2 amide bonds. The highest BCUT2D eigenvalue weighted by molar-refractivity contribution is 5.80. The fourth-order valence-corrected chi connectivity index (χ4v) is 5.91. The summed E-state index contributed by atoms with van der Waals surface area (Å²) in [6.45, 7) is 0.570. The van der Waals surface area contributed by atoms with Crippen LogP contribution in [0, 0.1) is 5.82 Å². The Kier molecular flexibility index (Phi) is 7.63. The van der Waals surface area contributed by atoms with Crippen LogP contribution in [0.5, 0.6) is 0 Å². The van der Waals surface area contributed by atoms with E-state index in [2.05, 4.69) is 29.6 Å². The molecule has 0 bridgehead atoms. The Morgan fingerprint density at radius 2 is 1.56 bits per heavy atom. The van der Waals surface area contributed by atoms with E-state index in [0.29, 0.717) is 18.5 Å². The van der Waals surface area contributed by atoms with E-state index in [-0.39, 0.29) is 30.7 Å². The Hall–Kier alpha value is -4.71. The predicted octanol–water partition coefficient (Wildman–Crippen LogP) is 7.15. The zero-order valence-corrected chi connectivity index (χ0v) is 22.6. The van der Waals surface area contributed by atoms with Crippen molar-refractivity contribution in [1.82, 2.24) is 10.2 Å². The fourth-order valence-electron chi connectivity index (χ4n) is 5.91. The molecule has 6 rings (SSSR count). The van der Waals surface area contributed by atoms with Crippen LogP contribution in [0.3, 0.4) is 0 Å². The van der Waals surface area contributed by atoms with Gasteiger partial charge in [0.2, 0.25) is 5.91 Å². The first-order valence-corrected chi connectivity index (χ1v) is 13.9. The second-order valence-corrected chi connectivity index (χ2v) is 10.5. The second kappa shape index (κ2) is 11.8. The van der Waals surface area contributed by atoms with Crippen LogP contribution in [-0.2, 0) is 16.1 Å². The molecule has 0 saturated carbocycles.